The summed E-state index contributed by atoms with van der Waals surface area (Å²) < 4.78 is 0. The maximum Gasteiger partial charge on any atom is 0.0637 e. The van der Waals surface area contributed by atoms with E-state index in [2.05, 4.69) is 16.3 Å². The lowest BCUT2D eigenvalue weighted by Crippen LogP contribution is -2.33. The largest absolute Gasteiger partial charge is 0.316 e. The number of halogens is 2. The number of rotatable bonds is 2. The molecule has 2 bridgehead atoms. The van der Waals surface area contributed by atoms with Crippen LogP contribution in [0.1, 0.15) is 18.4 Å². The molecule has 0 aromatic heterocycles. The lowest BCUT2D eigenvalue weighted by Gasteiger charge is -2.25. The Labute approximate surface area is 124 Å². The number of hydrogen-bond donors (Lipinski definition) is 1. The van der Waals surface area contributed by atoms with Gasteiger partial charge in [0.15, 0.2) is 0 Å². The van der Waals surface area contributed by atoms with Gasteiger partial charge in [0.05, 0.1) is 10.0 Å². The molecule has 3 fully saturated rings. The third-order valence-corrected chi connectivity index (χ3v) is 6.15. The summed E-state index contributed by atoms with van der Waals surface area (Å²) in [6.45, 7) is 3.36. The third kappa shape index (κ3) is 1.84. The summed E-state index contributed by atoms with van der Waals surface area (Å²) in [6.07, 6.45) is 2.71. The molecule has 3 aliphatic rings. The van der Waals surface area contributed by atoms with Gasteiger partial charge in [0, 0.05) is 18.6 Å². The molecule has 102 valence electrons. The van der Waals surface area contributed by atoms with E-state index in [1.807, 2.05) is 12.1 Å². The minimum absolute atomic E-state index is 0.674. The molecule has 0 spiro atoms. The van der Waals surface area contributed by atoms with Gasteiger partial charge in [0.25, 0.3) is 0 Å². The molecule has 0 saturated carbocycles. The number of hydrogen-bond acceptors (Lipinski definition) is 2. The number of fused-ring (bicyclic) bond motifs is 5. The Bertz CT molecular complexity index is 487. The van der Waals surface area contributed by atoms with Gasteiger partial charge < -0.3 is 5.32 Å². The van der Waals surface area contributed by atoms with Crippen LogP contribution in [0.4, 0.5) is 0 Å². The second-order valence-electron chi connectivity index (χ2n) is 6.08. The van der Waals surface area contributed by atoms with Crippen molar-refractivity contribution in [2.24, 2.45) is 11.8 Å². The second-order valence-corrected chi connectivity index (χ2v) is 6.87. The van der Waals surface area contributed by atoms with Crippen LogP contribution in [-0.4, -0.2) is 30.1 Å². The summed E-state index contributed by atoms with van der Waals surface area (Å²) in [5, 5.41) is 4.96. The van der Waals surface area contributed by atoms with Crippen LogP contribution in [0.25, 0.3) is 0 Å². The highest BCUT2D eigenvalue weighted by Crippen LogP contribution is 2.48. The van der Waals surface area contributed by atoms with Gasteiger partial charge in [-0.1, -0.05) is 35.3 Å². The summed E-state index contributed by atoms with van der Waals surface area (Å²) in [5.74, 6) is 1.72. The summed E-state index contributed by atoms with van der Waals surface area (Å²) >= 11 is 12.5. The Morgan fingerprint density at radius 1 is 1.11 bits per heavy atom. The van der Waals surface area contributed by atoms with Gasteiger partial charge in [-0.15, -0.1) is 0 Å². The predicted octanol–water partition coefficient (Wildman–Crippen LogP) is 3.18. The molecule has 0 radical (unpaired) electrons. The SMILES string of the molecule is Clc1cccc(CN2C3CCC2C2CNCC23)c1Cl. The fourth-order valence-electron chi connectivity index (χ4n) is 4.50. The summed E-state index contributed by atoms with van der Waals surface area (Å²) in [7, 11) is 0. The number of benzene rings is 1. The molecule has 2 nitrogen and oxygen atoms in total. The van der Waals surface area contributed by atoms with Crippen molar-refractivity contribution in [3.05, 3.63) is 33.8 Å². The Kier molecular flexibility index (Phi) is 3.03. The van der Waals surface area contributed by atoms with Crippen molar-refractivity contribution in [2.45, 2.75) is 31.5 Å². The van der Waals surface area contributed by atoms with Crippen LogP contribution < -0.4 is 5.32 Å². The van der Waals surface area contributed by atoms with Gasteiger partial charge in [0.2, 0.25) is 0 Å². The smallest absolute Gasteiger partial charge is 0.0637 e. The predicted molar refractivity (Wildman–Crippen MR) is 78.7 cm³/mol. The topological polar surface area (TPSA) is 15.3 Å². The van der Waals surface area contributed by atoms with Gasteiger partial charge in [-0.25, -0.2) is 0 Å². The van der Waals surface area contributed by atoms with Crippen molar-refractivity contribution in [3.63, 3.8) is 0 Å². The zero-order valence-electron chi connectivity index (χ0n) is 10.8. The number of nitrogens with zero attached hydrogens (tertiary/aromatic N) is 1. The summed E-state index contributed by atoms with van der Waals surface area (Å²) in [4.78, 5) is 2.69. The molecule has 3 aliphatic heterocycles. The van der Waals surface area contributed by atoms with E-state index in [1.54, 1.807) is 0 Å². The van der Waals surface area contributed by atoms with E-state index < -0.39 is 0 Å². The highest BCUT2D eigenvalue weighted by Gasteiger charge is 2.54. The number of nitrogens with one attached hydrogen (secondary N) is 1. The first-order chi connectivity index (χ1) is 9.25. The average molecular weight is 297 g/mol. The minimum Gasteiger partial charge on any atom is -0.316 e. The van der Waals surface area contributed by atoms with E-state index in [4.69, 9.17) is 23.2 Å². The van der Waals surface area contributed by atoms with Gasteiger partial charge in [-0.05, 0) is 49.4 Å². The highest BCUT2D eigenvalue weighted by atomic mass is 35.5. The monoisotopic (exact) mass is 296 g/mol. The maximum atomic E-state index is 6.34. The molecule has 3 saturated heterocycles. The van der Waals surface area contributed by atoms with Gasteiger partial charge in [0.1, 0.15) is 0 Å². The summed E-state index contributed by atoms with van der Waals surface area (Å²) in [6, 6.07) is 7.48. The average Bonchev–Trinajstić information content (AvgIpc) is 3.06. The fourth-order valence-corrected chi connectivity index (χ4v) is 4.88. The lowest BCUT2D eigenvalue weighted by atomic mass is 9.82. The second kappa shape index (κ2) is 4.63. The first-order valence-electron chi connectivity index (χ1n) is 7.15. The first-order valence-corrected chi connectivity index (χ1v) is 7.90. The quantitative estimate of drug-likeness (QED) is 0.902. The Morgan fingerprint density at radius 3 is 2.47 bits per heavy atom. The molecule has 19 heavy (non-hydrogen) atoms. The first kappa shape index (κ1) is 12.5. The molecule has 1 aromatic carbocycles. The van der Waals surface area contributed by atoms with Crippen LogP contribution >= 0.6 is 23.2 Å². The molecule has 0 amide bonds. The van der Waals surface area contributed by atoms with Crippen LogP contribution in [0, 0.1) is 11.8 Å². The van der Waals surface area contributed by atoms with Crippen LogP contribution in [0.3, 0.4) is 0 Å². The highest BCUT2D eigenvalue weighted by molar-refractivity contribution is 6.42. The third-order valence-electron chi connectivity index (χ3n) is 5.29. The van der Waals surface area contributed by atoms with Gasteiger partial charge >= 0.3 is 0 Å². The van der Waals surface area contributed by atoms with E-state index in [1.165, 1.54) is 31.5 Å². The maximum absolute atomic E-state index is 6.34. The Morgan fingerprint density at radius 2 is 1.79 bits per heavy atom. The zero-order chi connectivity index (χ0) is 13.0. The normalized spacial score (nSPS) is 36.9. The lowest BCUT2D eigenvalue weighted by molar-refractivity contribution is 0.218. The van der Waals surface area contributed by atoms with E-state index in [-0.39, 0.29) is 0 Å². The Balaban J connectivity index is 1.60. The van der Waals surface area contributed by atoms with Crippen LogP contribution in [-0.2, 0) is 6.54 Å². The van der Waals surface area contributed by atoms with E-state index in [0.29, 0.717) is 5.02 Å². The molecular formula is C15H18Cl2N2. The van der Waals surface area contributed by atoms with Crippen molar-refractivity contribution in [3.8, 4) is 0 Å². The summed E-state index contributed by atoms with van der Waals surface area (Å²) in [5.41, 5.74) is 1.18. The van der Waals surface area contributed by atoms with Crippen LogP contribution in [0.5, 0.6) is 0 Å². The molecule has 0 aliphatic carbocycles. The van der Waals surface area contributed by atoms with Crippen molar-refractivity contribution >= 4 is 23.2 Å². The molecule has 4 heteroatoms. The van der Waals surface area contributed by atoms with Gasteiger partial charge in [-0.3, -0.25) is 4.90 Å². The zero-order valence-corrected chi connectivity index (χ0v) is 12.3. The minimum atomic E-state index is 0.674. The molecule has 4 atom stereocenters. The molecular weight excluding hydrogens is 279 g/mol. The Hall–Kier alpha value is -0.280. The molecule has 1 aromatic rings. The van der Waals surface area contributed by atoms with E-state index in [9.17, 15) is 0 Å². The molecule has 4 unspecified atom stereocenters. The van der Waals surface area contributed by atoms with E-state index >= 15 is 0 Å². The van der Waals surface area contributed by atoms with Crippen LogP contribution in [0.2, 0.25) is 10.0 Å². The van der Waals surface area contributed by atoms with E-state index in [0.717, 1.165) is 35.5 Å². The van der Waals surface area contributed by atoms with Crippen LogP contribution in [0.15, 0.2) is 18.2 Å². The molecule has 3 heterocycles. The fraction of sp³-hybridized carbons (Fsp3) is 0.600. The van der Waals surface area contributed by atoms with Crippen molar-refractivity contribution < 1.29 is 0 Å². The molecule has 1 N–H and O–H groups in total. The molecule has 4 rings (SSSR count). The van der Waals surface area contributed by atoms with Crippen molar-refractivity contribution in [1.29, 1.82) is 0 Å². The van der Waals surface area contributed by atoms with Gasteiger partial charge in [-0.2, -0.15) is 0 Å². The van der Waals surface area contributed by atoms with Crippen molar-refractivity contribution in [1.82, 2.24) is 10.2 Å². The standard InChI is InChI=1S/C15H18Cl2N2/c16-12-3-1-2-9(15(12)17)8-19-13-4-5-14(19)11-7-18-6-10(11)13/h1-3,10-11,13-14,18H,4-8H2. The van der Waals surface area contributed by atoms with Crippen molar-refractivity contribution in [2.75, 3.05) is 13.1 Å².